The summed E-state index contributed by atoms with van der Waals surface area (Å²) in [5.74, 6) is 1.58. The van der Waals surface area contributed by atoms with Crippen LogP contribution < -0.4 is 9.47 Å². The predicted octanol–water partition coefficient (Wildman–Crippen LogP) is 2.27. The Morgan fingerprint density at radius 1 is 1.32 bits per heavy atom. The molecule has 134 valence electrons. The van der Waals surface area contributed by atoms with E-state index in [4.69, 9.17) is 9.47 Å². The van der Waals surface area contributed by atoms with Crippen LogP contribution in [0.2, 0.25) is 0 Å². The molecule has 1 aliphatic heterocycles. The molecular weight excluding hydrogens is 318 g/mol. The van der Waals surface area contributed by atoms with Gasteiger partial charge in [0.2, 0.25) is 5.91 Å². The average molecular weight is 343 g/mol. The number of ether oxygens (including phenoxy) is 2. The van der Waals surface area contributed by atoms with Crippen LogP contribution in [0.25, 0.3) is 0 Å². The van der Waals surface area contributed by atoms with Crippen molar-refractivity contribution in [3.8, 4) is 11.5 Å². The zero-order chi connectivity index (χ0) is 18.0. The van der Waals surface area contributed by atoms with E-state index in [1.807, 2.05) is 61.7 Å². The quantitative estimate of drug-likeness (QED) is 0.836. The van der Waals surface area contributed by atoms with Crippen LogP contribution in [-0.2, 0) is 18.3 Å². The first-order chi connectivity index (χ1) is 12.0. The number of fused-ring (bicyclic) bond motifs is 1. The molecule has 0 saturated heterocycles. The van der Waals surface area contributed by atoms with Gasteiger partial charge in [-0.05, 0) is 32.9 Å². The Kier molecular flexibility index (Phi) is 4.97. The van der Waals surface area contributed by atoms with E-state index in [0.29, 0.717) is 26.1 Å². The molecule has 0 saturated carbocycles. The van der Waals surface area contributed by atoms with Gasteiger partial charge in [-0.1, -0.05) is 12.1 Å². The topological polar surface area (TPSA) is 56.6 Å². The molecular formula is C19H25N3O3. The standard InChI is InChI=1S/C19H25N3O3/c1-5-22(19(23)10-16-13(2)20-21(4)14(16)3)11-15-12-24-17-8-6-7-9-18(17)25-15/h6-9,15H,5,10-12H2,1-4H3. The highest BCUT2D eigenvalue weighted by molar-refractivity contribution is 5.79. The van der Waals surface area contributed by atoms with Crippen LogP contribution in [0.15, 0.2) is 24.3 Å². The van der Waals surface area contributed by atoms with Gasteiger partial charge in [0, 0.05) is 24.8 Å². The van der Waals surface area contributed by atoms with Crippen molar-refractivity contribution >= 4 is 5.91 Å². The minimum atomic E-state index is -0.158. The van der Waals surface area contributed by atoms with Crippen molar-refractivity contribution in [1.29, 1.82) is 0 Å². The maximum absolute atomic E-state index is 12.8. The minimum absolute atomic E-state index is 0.0872. The first-order valence-electron chi connectivity index (χ1n) is 8.65. The highest BCUT2D eigenvalue weighted by Gasteiger charge is 2.25. The van der Waals surface area contributed by atoms with E-state index in [1.54, 1.807) is 0 Å². The van der Waals surface area contributed by atoms with E-state index in [-0.39, 0.29) is 12.0 Å². The van der Waals surface area contributed by atoms with Crippen molar-refractivity contribution in [1.82, 2.24) is 14.7 Å². The summed E-state index contributed by atoms with van der Waals surface area (Å²) in [5.41, 5.74) is 2.96. The summed E-state index contributed by atoms with van der Waals surface area (Å²) in [4.78, 5) is 14.6. The Labute approximate surface area is 148 Å². The number of aromatic nitrogens is 2. The summed E-state index contributed by atoms with van der Waals surface area (Å²) in [5, 5.41) is 4.39. The van der Waals surface area contributed by atoms with Crippen molar-refractivity contribution in [2.24, 2.45) is 7.05 Å². The summed E-state index contributed by atoms with van der Waals surface area (Å²) in [6, 6.07) is 7.62. The van der Waals surface area contributed by atoms with Gasteiger partial charge in [-0.2, -0.15) is 5.10 Å². The molecule has 0 aliphatic carbocycles. The molecule has 0 bridgehead atoms. The Balaban J connectivity index is 1.65. The Morgan fingerprint density at radius 2 is 2.04 bits per heavy atom. The lowest BCUT2D eigenvalue weighted by Gasteiger charge is -2.31. The lowest BCUT2D eigenvalue weighted by Crippen LogP contribution is -2.44. The number of benzene rings is 1. The van der Waals surface area contributed by atoms with E-state index in [9.17, 15) is 4.79 Å². The molecule has 0 fully saturated rings. The van der Waals surface area contributed by atoms with Gasteiger partial charge in [0.1, 0.15) is 6.61 Å². The van der Waals surface area contributed by atoms with Gasteiger partial charge in [-0.15, -0.1) is 0 Å². The molecule has 2 aromatic rings. The average Bonchev–Trinajstić information content (AvgIpc) is 2.85. The van der Waals surface area contributed by atoms with Crippen LogP contribution in [0.5, 0.6) is 11.5 Å². The smallest absolute Gasteiger partial charge is 0.227 e. The summed E-state index contributed by atoms with van der Waals surface area (Å²) in [6.45, 7) is 7.53. The third-order valence-electron chi connectivity index (χ3n) is 4.71. The molecule has 6 heteroatoms. The third-order valence-corrected chi connectivity index (χ3v) is 4.71. The van der Waals surface area contributed by atoms with Crippen LogP contribution in [0.4, 0.5) is 0 Å². The Hall–Kier alpha value is -2.50. The van der Waals surface area contributed by atoms with Gasteiger partial charge in [0.25, 0.3) is 0 Å². The highest BCUT2D eigenvalue weighted by Crippen LogP contribution is 2.31. The molecule has 1 aromatic carbocycles. The number of nitrogens with zero attached hydrogens (tertiary/aromatic N) is 3. The molecule has 1 aliphatic rings. The largest absolute Gasteiger partial charge is 0.486 e. The predicted molar refractivity (Wildman–Crippen MR) is 95.0 cm³/mol. The van der Waals surface area contributed by atoms with Gasteiger partial charge in [-0.25, -0.2) is 0 Å². The number of amides is 1. The van der Waals surface area contributed by atoms with Gasteiger partial charge in [-0.3, -0.25) is 9.48 Å². The maximum atomic E-state index is 12.8. The zero-order valence-electron chi connectivity index (χ0n) is 15.3. The van der Waals surface area contributed by atoms with Crippen LogP contribution in [-0.4, -0.2) is 46.4 Å². The molecule has 2 heterocycles. The first kappa shape index (κ1) is 17.3. The third kappa shape index (κ3) is 3.62. The van der Waals surface area contributed by atoms with E-state index in [2.05, 4.69) is 5.10 Å². The Bertz CT molecular complexity index is 769. The molecule has 1 unspecified atom stereocenters. The van der Waals surface area contributed by atoms with Crippen LogP contribution in [0, 0.1) is 13.8 Å². The number of rotatable bonds is 5. The minimum Gasteiger partial charge on any atom is -0.486 e. The normalized spacial score (nSPS) is 15.9. The fraction of sp³-hybridized carbons (Fsp3) is 0.474. The van der Waals surface area contributed by atoms with Gasteiger partial charge in [0.05, 0.1) is 18.7 Å². The lowest BCUT2D eigenvalue weighted by molar-refractivity contribution is -0.131. The highest BCUT2D eigenvalue weighted by atomic mass is 16.6. The zero-order valence-corrected chi connectivity index (χ0v) is 15.3. The Morgan fingerprint density at radius 3 is 2.68 bits per heavy atom. The van der Waals surface area contributed by atoms with E-state index in [1.165, 1.54) is 0 Å². The number of carbonyl (C=O) groups excluding carboxylic acids is 1. The van der Waals surface area contributed by atoms with Crippen molar-refractivity contribution in [3.05, 3.63) is 41.2 Å². The summed E-state index contributed by atoms with van der Waals surface area (Å²) < 4.78 is 13.5. The van der Waals surface area contributed by atoms with Crippen molar-refractivity contribution in [3.63, 3.8) is 0 Å². The number of likely N-dealkylation sites (N-methyl/N-ethyl adjacent to an activating group) is 1. The number of carbonyl (C=O) groups is 1. The summed E-state index contributed by atoms with van der Waals surface area (Å²) in [7, 11) is 1.90. The number of hydrogen-bond donors (Lipinski definition) is 0. The fourth-order valence-corrected chi connectivity index (χ4v) is 3.14. The molecule has 0 N–H and O–H groups in total. The molecule has 25 heavy (non-hydrogen) atoms. The SMILES string of the molecule is CCN(CC1COc2ccccc2O1)C(=O)Cc1c(C)nn(C)c1C. The second kappa shape index (κ2) is 7.17. The molecule has 1 atom stereocenters. The number of aryl methyl sites for hydroxylation is 2. The van der Waals surface area contributed by atoms with Crippen molar-refractivity contribution in [2.75, 3.05) is 19.7 Å². The van der Waals surface area contributed by atoms with Crippen LogP contribution in [0.3, 0.4) is 0 Å². The van der Waals surface area contributed by atoms with E-state index < -0.39 is 0 Å². The molecule has 1 amide bonds. The van der Waals surface area contributed by atoms with Crippen molar-refractivity contribution in [2.45, 2.75) is 33.3 Å². The van der Waals surface area contributed by atoms with Crippen LogP contribution in [0.1, 0.15) is 23.9 Å². The van der Waals surface area contributed by atoms with Crippen LogP contribution >= 0.6 is 0 Å². The van der Waals surface area contributed by atoms with Gasteiger partial charge < -0.3 is 14.4 Å². The molecule has 0 radical (unpaired) electrons. The van der Waals surface area contributed by atoms with Crippen molar-refractivity contribution < 1.29 is 14.3 Å². The first-order valence-corrected chi connectivity index (χ1v) is 8.65. The summed E-state index contributed by atoms with van der Waals surface area (Å²) >= 11 is 0. The lowest BCUT2D eigenvalue weighted by atomic mass is 10.1. The number of para-hydroxylation sites is 2. The second-order valence-electron chi connectivity index (χ2n) is 6.38. The number of hydrogen-bond acceptors (Lipinski definition) is 4. The summed E-state index contributed by atoms with van der Waals surface area (Å²) in [6.07, 6.45) is 0.207. The van der Waals surface area contributed by atoms with Gasteiger partial charge >= 0.3 is 0 Å². The van der Waals surface area contributed by atoms with E-state index >= 15 is 0 Å². The molecule has 0 spiro atoms. The fourth-order valence-electron chi connectivity index (χ4n) is 3.14. The second-order valence-corrected chi connectivity index (χ2v) is 6.38. The van der Waals surface area contributed by atoms with E-state index in [0.717, 1.165) is 28.5 Å². The maximum Gasteiger partial charge on any atom is 0.227 e. The molecule has 3 rings (SSSR count). The molecule has 1 aromatic heterocycles. The molecule has 6 nitrogen and oxygen atoms in total. The van der Waals surface area contributed by atoms with Gasteiger partial charge in [0.15, 0.2) is 17.6 Å². The monoisotopic (exact) mass is 343 g/mol.